The Bertz CT molecular complexity index is 968. The van der Waals surface area contributed by atoms with E-state index in [1.807, 2.05) is 31.2 Å². The second-order valence-electron chi connectivity index (χ2n) is 6.31. The number of hydrogen-bond donors (Lipinski definition) is 0. The van der Waals surface area contributed by atoms with E-state index in [4.69, 9.17) is 4.42 Å². The average Bonchev–Trinajstić information content (AvgIpc) is 3.13. The minimum Gasteiger partial charge on any atom is -0.469 e. The van der Waals surface area contributed by atoms with Crippen LogP contribution in [0.1, 0.15) is 24.2 Å². The van der Waals surface area contributed by atoms with E-state index in [1.54, 1.807) is 18.4 Å². The van der Waals surface area contributed by atoms with Crippen LogP contribution in [-0.2, 0) is 11.2 Å². The standard InChI is InChI=1S/C20H17N3O3/c1-13-4-2-5-15(10-13)23-19(24)17-12-21-14(11-18(17)22-20(23)25)7-8-16-6-3-9-26-16/h2-6,9-10,12H,7-8,11H2,1H3. The van der Waals surface area contributed by atoms with Gasteiger partial charge in [0.05, 0.1) is 23.2 Å². The molecular formula is C20H17N3O3. The van der Waals surface area contributed by atoms with Gasteiger partial charge in [-0.05, 0) is 43.2 Å². The highest BCUT2D eigenvalue weighted by Crippen LogP contribution is 2.26. The van der Waals surface area contributed by atoms with Gasteiger partial charge in [-0.1, -0.05) is 12.1 Å². The van der Waals surface area contributed by atoms with Crippen molar-refractivity contribution in [2.24, 2.45) is 9.98 Å². The normalized spacial score (nSPS) is 16.8. The molecule has 0 saturated heterocycles. The summed E-state index contributed by atoms with van der Waals surface area (Å²) >= 11 is 0. The highest BCUT2D eigenvalue weighted by molar-refractivity contribution is 6.40. The first-order chi connectivity index (χ1) is 12.6. The third-order valence-electron chi connectivity index (χ3n) is 4.41. The largest absolute Gasteiger partial charge is 0.469 e. The van der Waals surface area contributed by atoms with Gasteiger partial charge in [0.2, 0.25) is 0 Å². The fraction of sp³-hybridized carbons (Fsp3) is 0.200. The Hall–Kier alpha value is -3.28. The fourth-order valence-electron chi connectivity index (χ4n) is 3.09. The molecule has 0 fully saturated rings. The molecule has 0 bridgehead atoms. The van der Waals surface area contributed by atoms with Gasteiger partial charge in [-0.3, -0.25) is 9.79 Å². The van der Waals surface area contributed by atoms with Crippen molar-refractivity contribution in [1.82, 2.24) is 0 Å². The molecule has 0 unspecified atom stereocenters. The molecule has 1 aromatic carbocycles. The van der Waals surface area contributed by atoms with Crippen molar-refractivity contribution in [2.45, 2.75) is 26.2 Å². The number of rotatable bonds is 4. The van der Waals surface area contributed by atoms with Crippen LogP contribution in [-0.4, -0.2) is 23.4 Å². The molecule has 6 heteroatoms. The molecule has 3 amide bonds. The van der Waals surface area contributed by atoms with E-state index in [0.29, 0.717) is 29.8 Å². The predicted molar refractivity (Wildman–Crippen MR) is 98.7 cm³/mol. The van der Waals surface area contributed by atoms with E-state index in [0.717, 1.165) is 28.4 Å². The lowest BCUT2D eigenvalue weighted by molar-refractivity contribution is -0.114. The van der Waals surface area contributed by atoms with E-state index in [2.05, 4.69) is 9.98 Å². The number of aliphatic imine (C=N–C) groups is 2. The van der Waals surface area contributed by atoms with Crippen molar-refractivity contribution in [2.75, 3.05) is 4.90 Å². The summed E-state index contributed by atoms with van der Waals surface area (Å²) in [4.78, 5) is 34.9. The average molecular weight is 347 g/mol. The van der Waals surface area contributed by atoms with Gasteiger partial charge >= 0.3 is 6.03 Å². The highest BCUT2D eigenvalue weighted by Gasteiger charge is 2.35. The molecule has 2 aliphatic heterocycles. The number of nitrogens with zero attached hydrogens (tertiary/aromatic N) is 3. The molecule has 2 aromatic rings. The van der Waals surface area contributed by atoms with Crippen molar-refractivity contribution >= 4 is 29.0 Å². The number of carbonyl (C=O) groups is 2. The first-order valence-electron chi connectivity index (χ1n) is 8.43. The lowest BCUT2D eigenvalue weighted by atomic mass is 9.97. The quantitative estimate of drug-likeness (QED) is 0.843. The molecule has 3 heterocycles. The fourth-order valence-corrected chi connectivity index (χ4v) is 3.09. The zero-order valence-corrected chi connectivity index (χ0v) is 14.3. The van der Waals surface area contributed by atoms with Gasteiger partial charge in [0.1, 0.15) is 5.76 Å². The van der Waals surface area contributed by atoms with Crippen LogP contribution < -0.4 is 4.90 Å². The molecule has 0 radical (unpaired) electrons. The van der Waals surface area contributed by atoms with Crippen LogP contribution in [0.3, 0.4) is 0 Å². The number of amides is 3. The predicted octanol–water partition coefficient (Wildman–Crippen LogP) is 3.86. The highest BCUT2D eigenvalue weighted by atomic mass is 16.3. The monoisotopic (exact) mass is 347 g/mol. The number of benzene rings is 1. The molecule has 0 atom stereocenters. The Morgan fingerprint density at radius 3 is 2.81 bits per heavy atom. The van der Waals surface area contributed by atoms with Crippen LogP contribution in [0.4, 0.5) is 10.5 Å². The minimum absolute atomic E-state index is 0.376. The number of urea groups is 1. The third kappa shape index (κ3) is 3.01. The number of aryl methyl sites for hydroxylation is 2. The molecule has 2 aliphatic rings. The maximum Gasteiger partial charge on any atom is 0.355 e. The second kappa shape index (κ2) is 6.55. The van der Waals surface area contributed by atoms with E-state index in [9.17, 15) is 9.59 Å². The van der Waals surface area contributed by atoms with Crippen LogP contribution in [0, 0.1) is 6.92 Å². The van der Waals surface area contributed by atoms with Crippen LogP contribution in [0.2, 0.25) is 0 Å². The van der Waals surface area contributed by atoms with Crippen LogP contribution in [0.5, 0.6) is 0 Å². The third-order valence-corrected chi connectivity index (χ3v) is 4.41. The zero-order valence-electron chi connectivity index (χ0n) is 14.3. The molecule has 1 aromatic heterocycles. The Balaban J connectivity index is 1.58. The van der Waals surface area contributed by atoms with Gasteiger partial charge in [-0.2, -0.15) is 4.99 Å². The number of hydrogen-bond acceptors (Lipinski definition) is 4. The topological polar surface area (TPSA) is 75.2 Å². The molecule has 4 rings (SSSR count). The number of imide groups is 1. The lowest BCUT2D eigenvalue weighted by Gasteiger charge is -2.27. The Kier molecular flexibility index (Phi) is 4.08. The van der Waals surface area contributed by atoms with Crippen LogP contribution in [0.25, 0.3) is 0 Å². The van der Waals surface area contributed by atoms with Crippen LogP contribution in [0.15, 0.2) is 68.8 Å². The van der Waals surface area contributed by atoms with Crippen LogP contribution >= 0.6 is 0 Å². The lowest BCUT2D eigenvalue weighted by Crippen LogP contribution is -2.43. The maximum atomic E-state index is 12.8. The van der Waals surface area contributed by atoms with E-state index < -0.39 is 6.03 Å². The Morgan fingerprint density at radius 1 is 1.15 bits per heavy atom. The Labute approximate surface area is 150 Å². The SMILES string of the molecule is Cc1cccc(N2C(=O)N=C3CC(CCc4ccco4)=NC=C3C2=O)c1. The summed E-state index contributed by atoms with van der Waals surface area (Å²) in [5.41, 5.74) is 3.25. The second-order valence-corrected chi connectivity index (χ2v) is 6.31. The van der Waals surface area contributed by atoms with Crippen molar-refractivity contribution < 1.29 is 14.0 Å². The molecule has 0 N–H and O–H groups in total. The molecule has 6 nitrogen and oxygen atoms in total. The maximum absolute atomic E-state index is 12.8. The summed E-state index contributed by atoms with van der Waals surface area (Å²) in [6.07, 6.45) is 4.99. The van der Waals surface area contributed by atoms with Gasteiger partial charge in [-0.25, -0.2) is 9.69 Å². The Morgan fingerprint density at radius 2 is 2.04 bits per heavy atom. The van der Waals surface area contributed by atoms with Gasteiger partial charge in [-0.15, -0.1) is 0 Å². The van der Waals surface area contributed by atoms with Gasteiger partial charge in [0, 0.05) is 24.8 Å². The smallest absolute Gasteiger partial charge is 0.355 e. The van der Waals surface area contributed by atoms with Gasteiger partial charge < -0.3 is 4.42 Å². The first kappa shape index (κ1) is 16.2. The molecular weight excluding hydrogens is 330 g/mol. The van der Waals surface area contributed by atoms with Gasteiger partial charge in [0.25, 0.3) is 5.91 Å². The summed E-state index contributed by atoms with van der Waals surface area (Å²) in [5, 5.41) is 0. The van der Waals surface area contributed by atoms with Gasteiger partial charge in [0.15, 0.2) is 0 Å². The molecule has 0 saturated carbocycles. The summed E-state index contributed by atoms with van der Waals surface area (Å²) in [5.74, 6) is 0.505. The first-order valence-corrected chi connectivity index (χ1v) is 8.43. The number of furan rings is 1. The summed E-state index contributed by atoms with van der Waals surface area (Å²) in [6.45, 7) is 1.91. The molecule has 26 heavy (non-hydrogen) atoms. The van der Waals surface area contributed by atoms with E-state index in [1.165, 1.54) is 6.20 Å². The van der Waals surface area contributed by atoms with Crippen molar-refractivity contribution in [3.8, 4) is 0 Å². The van der Waals surface area contributed by atoms with Crippen molar-refractivity contribution in [3.05, 3.63) is 65.8 Å². The van der Waals surface area contributed by atoms with Crippen molar-refractivity contribution in [1.29, 1.82) is 0 Å². The molecule has 0 aliphatic carbocycles. The summed E-state index contributed by atoms with van der Waals surface area (Å²) < 4.78 is 5.32. The number of anilines is 1. The molecule has 130 valence electrons. The number of carbonyl (C=O) groups excluding carboxylic acids is 2. The summed E-state index contributed by atoms with van der Waals surface area (Å²) in [6, 6.07) is 10.4. The van der Waals surface area contributed by atoms with Crippen molar-refractivity contribution in [3.63, 3.8) is 0 Å². The van der Waals surface area contributed by atoms with E-state index >= 15 is 0 Å². The number of fused-ring (bicyclic) bond motifs is 1. The van der Waals surface area contributed by atoms with E-state index in [-0.39, 0.29) is 5.91 Å². The summed E-state index contributed by atoms with van der Waals surface area (Å²) in [7, 11) is 0. The zero-order chi connectivity index (χ0) is 18.1. The molecule has 0 spiro atoms. The minimum atomic E-state index is -0.556.